The number of benzene rings is 3. The minimum atomic E-state index is -0.696. The predicted molar refractivity (Wildman–Crippen MR) is 161 cm³/mol. The number of rotatable bonds is 13. The monoisotopic (exact) mass is 523 g/mol. The van der Waals surface area contributed by atoms with Crippen LogP contribution >= 0.6 is 11.6 Å². The van der Waals surface area contributed by atoms with Crippen molar-refractivity contribution < 1.29 is 0 Å². The standard InChI is InChI=1S/C36H42ClN/c1-2-24-36(37,34(25-13-6-14-26-34)29-33-20-11-5-12-21-33)35(30-38,28-23-32-18-9-4-10-19-32)27-15-22-31-16-7-3-8-17-31/h2-5,7-12,16-21H,1,6,13-15,22-29H2. The summed E-state index contributed by atoms with van der Waals surface area (Å²) in [7, 11) is 0. The van der Waals surface area contributed by atoms with Crippen molar-refractivity contribution in [2.45, 2.75) is 81.9 Å². The molecule has 38 heavy (non-hydrogen) atoms. The lowest BCUT2D eigenvalue weighted by molar-refractivity contribution is 0.0359. The average Bonchev–Trinajstić information content (AvgIpc) is 2.97. The molecule has 0 bridgehead atoms. The van der Waals surface area contributed by atoms with Crippen molar-refractivity contribution in [1.29, 1.82) is 5.26 Å². The van der Waals surface area contributed by atoms with Gasteiger partial charge in [-0.05, 0) is 79.9 Å². The van der Waals surface area contributed by atoms with Crippen LogP contribution in [0.15, 0.2) is 104 Å². The molecule has 1 aliphatic rings. The quantitative estimate of drug-likeness (QED) is 0.161. The van der Waals surface area contributed by atoms with E-state index in [0.717, 1.165) is 51.4 Å². The number of aryl methyl sites for hydroxylation is 2. The molecule has 0 N–H and O–H groups in total. The van der Waals surface area contributed by atoms with Gasteiger partial charge in [-0.2, -0.15) is 5.26 Å². The molecule has 0 heterocycles. The third kappa shape index (κ3) is 6.24. The first kappa shape index (κ1) is 28.2. The molecule has 1 nitrogen and oxygen atoms in total. The Morgan fingerprint density at radius 1 is 0.763 bits per heavy atom. The van der Waals surface area contributed by atoms with E-state index in [1.807, 2.05) is 6.08 Å². The number of alkyl halides is 1. The summed E-state index contributed by atoms with van der Waals surface area (Å²) in [5.74, 6) is 0. The Hall–Kier alpha value is -2.82. The number of hydrogen-bond acceptors (Lipinski definition) is 1. The van der Waals surface area contributed by atoms with Gasteiger partial charge in [0.05, 0.1) is 16.4 Å². The van der Waals surface area contributed by atoms with E-state index in [2.05, 4.69) is 104 Å². The van der Waals surface area contributed by atoms with Gasteiger partial charge >= 0.3 is 0 Å². The summed E-state index contributed by atoms with van der Waals surface area (Å²) in [6.07, 6.45) is 13.6. The Kier molecular flexibility index (Phi) is 9.87. The van der Waals surface area contributed by atoms with Crippen LogP contribution in [0.2, 0.25) is 0 Å². The van der Waals surface area contributed by atoms with Crippen LogP contribution in [0.4, 0.5) is 0 Å². The number of allylic oxidation sites excluding steroid dienone is 1. The van der Waals surface area contributed by atoms with Gasteiger partial charge in [0.2, 0.25) is 0 Å². The molecule has 1 saturated carbocycles. The molecule has 3 aromatic rings. The first-order valence-electron chi connectivity index (χ1n) is 14.4. The van der Waals surface area contributed by atoms with Gasteiger partial charge in [0.25, 0.3) is 0 Å². The number of nitrogens with zero attached hydrogens (tertiary/aromatic N) is 1. The molecule has 0 aromatic heterocycles. The lowest BCUT2D eigenvalue weighted by atomic mass is 9.51. The van der Waals surface area contributed by atoms with Crippen molar-refractivity contribution in [1.82, 2.24) is 0 Å². The van der Waals surface area contributed by atoms with Crippen molar-refractivity contribution >= 4 is 11.6 Å². The molecule has 0 spiro atoms. The van der Waals surface area contributed by atoms with Crippen molar-refractivity contribution in [3.63, 3.8) is 0 Å². The maximum absolute atomic E-state index is 11.2. The zero-order chi connectivity index (χ0) is 26.7. The molecule has 3 aromatic carbocycles. The van der Waals surface area contributed by atoms with Crippen LogP contribution < -0.4 is 0 Å². The van der Waals surface area contributed by atoms with Crippen LogP contribution in [-0.2, 0) is 19.3 Å². The van der Waals surface area contributed by atoms with E-state index in [9.17, 15) is 5.26 Å². The molecule has 1 aliphatic carbocycles. The Morgan fingerprint density at radius 2 is 1.29 bits per heavy atom. The highest BCUT2D eigenvalue weighted by molar-refractivity contribution is 6.25. The summed E-state index contributed by atoms with van der Waals surface area (Å²) in [5, 5.41) is 11.2. The zero-order valence-electron chi connectivity index (χ0n) is 22.8. The molecular formula is C36H42ClN. The predicted octanol–water partition coefficient (Wildman–Crippen LogP) is 9.90. The number of nitriles is 1. The molecule has 2 heteroatoms. The van der Waals surface area contributed by atoms with Crippen LogP contribution in [0.1, 0.15) is 74.5 Å². The Morgan fingerprint density at radius 3 is 1.82 bits per heavy atom. The van der Waals surface area contributed by atoms with E-state index in [-0.39, 0.29) is 5.41 Å². The maximum atomic E-state index is 11.2. The van der Waals surface area contributed by atoms with E-state index in [1.165, 1.54) is 36.0 Å². The second-order valence-electron chi connectivity index (χ2n) is 11.3. The number of hydrogen-bond donors (Lipinski definition) is 0. The van der Waals surface area contributed by atoms with Gasteiger partial charge in [-0.3, -0.25) is 0 Å². The second-order valence-corrected chi connectivity index (χ2v) is 12.0. The SMILES string of the molecule is C=CCC(Cl)(C(C#N)(CCCc1ccccc1)CCc1ccccc1)C1(Cc2ccccc2)CCCCC1. The lowest BCUT2D eigenvalue weighted by Crippen LogP contribution is -2.57. The van der Waals surface area contributed by atoms with Crippen LogP contribution in [0, 0.1) is 22.2 Å². The molecule has 0 amide bonds. The lowest BCUT2D eigenvalue weighted by Gasteiger charge is -2.56. The van der Waals surface area contributed by atoms with Crippen LogP contribution in [0.5, 0.6) is 0 Å². The van der Waals surface area contributed by atoms with Gasteiger partial charge in [0.15, 0.2) is 0 Å². The molecule has 0 aliphatic heterocycles. The molecule has 1 fully saturated rings. The Balaban J connectivity index is 1.75. The highest BCUT2D eigenvalue weighted by atomic mass is 35.5. The minimum absolute atomic E-state index is 0.151. The molecule has 198 valence electrons. The van der Waals surface area contributed by atoms with E-state index in [4.69, 9.17) is 11.6 Å². The largest absolute Gasteiger partial charge is 0.198 e. The van der Waals surface area contributed by atoms with Gasteiger partial charge < -0.3 is 0 Å². The fourth-order valence-electron chi connectivity index (χ4n) is 7.01. The molecule has 2 unspecified atom stereocenters. The summed E-state index contributed by atoms with van der Waals surface area (Å²) in [6.45, 7) is 4.18. The third-order valence-corrected chi connectivity index (χ3v) is 9.95. The van der Waals surface area contributed by atoms with Crippen molar-refractivity contribution in [2.24, 2.45) is 10.8 Å². The third-order valence-electron chi connectivity index (χ3n) is 9.03. The van der Waals surface area contributed by atoms with E-state index in [1.54, 1.807) is 0 Å². The maximum Gasteiger partial charge on any atom is 0.0777 e. The minimum Gasteiger partial charge on any atom is -0.198 e. The molecule has 0 saturated heterocycles. The Labute approximate surface area is 235 Å². The smallest absolute Gasteiger partial charge is 0.0777 e. The first-order chi connectivity index (χ1) is 18.6. The second kappa shape index (κ2) is 13.3. The zero-order valence-corrected chi connectivity index (χ0v) is 23.5. The summed E-state index contributed by atoms with van der Waals surface area (Å²) in [5.41, 5.74) is 3.10. The molecule has 2 atom stereocenters. The van der Waals surface area contributed by atoms with E-state index < -0.39 is 10.3 Å². The average molecular weight is 524 g/mol. The van der Waals surface area contributed by atoms with Crippen LogP contribution in [-0.4, -0.2) is 4.87 Å². The van der Waals surface area contributed by atoms with Crippen molar-refractivity contribution in [3.8, 4) is 6.07 Å². The summed E-state index contributed by atoms with van der Waals surface area (Å²) in [4.78, 5) is -0.696. The first-order valence-corrected chi connectivity index (χ1v) is 14.8. The highest BCUT2D eigenvalue weighted by Crippen LogP contribution is 2.62. The molecule has 4 rings (SSSR count). The Bertz CT molecular complexity index is 1160. The van der Waals surface area contributed by atoms with Crippen LogP contribution in [0.3, 0.4) is 0 Å². The van der Waals surface area contributed by atoms with E-state index >= 15 is 0 Å². The van der Waals surface area contributed by atoms with Gasteiger partial charge in [-0.15, -0.1) is 18.2 Å². The fraction of sp³-hybridized carbons (Fsp3) is 0.417. The summed E-state index contributed by atoms with van der Waals surface area (Å²) in [6, 6.07) is 35.0. The summed E-state index contributed by atoms with van der Waals surface area (Å²) >= 11 is 8.10. The normalized spacial score (nSPS) is 18.0. The molecule has 0 radical (unpaired) electrons. The van der Waals surface area contributed by atoms with Gasteiger partial charge in [-0.1, -0.05) is 116 Å². The fourth-order valence-corrected chi connectivity index (χ4v) is 7.61. The van der Waals surface area contributed by atoms with Crippen molar-refractivity contribution in [2.75, 3.05) is 0 Å². The number of halogens is 1. The highest BCUT2D eigenvalue weighted by Gasteiger charge is 2.61. The van der Waals surface area contributed by atoms with Gasteiger partial charge in [-0.25, -0.2) is 0 Å². The summed E-state index contributed by atoms with van der Waals surface area (Å²) < 4.78 is 0. The van der Waals surface area contributed by atoms with Gasteiger partial charge in [0.1, 0.15) is 0 Å². The van der Waals surface area contributed by atoms with Crippen molar-refractivity contribution in [3.05, 3.63) is 120 Å². The topological polar surface area (TPSA) is 23.8 Å². The van der Waals surface area contributed by atoms with Gasteiger partial charge in [0, 0.05) is 0 Å². The van der Waals surface area contributed by atoms with E-state index in [0.29, 0.717) is 6.42 Å². The molecular weight excluding hydrogens is 482 g/mol. The van der Waals surface area contributed by atoms with Crippen LogP contribution in [0.25, 0.3) is 0 Å².